The number of hydrogen-bond acceptors (Lipinski definition) is 7. The van der Waals surface area contributed by atoms with Gasteiger partial charge in [-0.25, -0.2) is 9.97 Å². The smallest absolute Gasteiger partial charge is 0.225 e. The zero-order valence-electron chi connectivity index (χ0n) is 12.4. The van der Waals surface area contributed by atoms with E-state index in [1.807, 2.05) is 12.1 Å². The number of halogens is 1. The van der Waals surface area contributed by atoms with Gasteiger partial charge in [0.15, 0.2) is 5.65 Å². The van der Waals surface area contributed by atoms with Crippen molar-refractivity contribution < 1.29 is 0 Å². The Balaban J connectivity index is 1.51. The van der Waals surface area contributed by atoms with Gasteiger partial charge in [-0.05, 0) is 18.6 Å². The summed E-state index contributed by atoms with van der Waals surface area (Å²) in [6, 6.07) is 3.92. The Morgan fingerprint density at radius 3 is 2.61 bits per heavy atom. The quantitative estimate of drug-likeness (QED) is 0.700. The average molecular weight is 331 g/mol. The summed E-state index contributed by atoms with van der Waals surface area (Å²) in [5, 5.41) is 13.0. The second-order valence-electron chi connectivity index (χ2n) is 5.35. The SMILES string of the molecule is Clc1cnc(N2CCCN(c3ccc4nncn4n3)CC2)nc1. The standard InChI is InChI=1S/C14H15ClN8/c15-11-8-16-14(17-9-11)22-5-1-4-21(6-7-22)13-3-2-12-19-18-10-23(12)20-13/h2-3,8-10H,1,4-7H2. The maximum atomic E-state index is 5.85. The maximum absolute atomic E-state index is 5.85. The lowest BCUT2D eigenvalue weighted by Crippen LogP contribution is -2.32. The Morgan fingerprint density at radius 1 is 0.957 bits per heavy atom. The summed E-state index contributed by atoms with van der Waals surface area (Å²) in [6.45, 7) is 3.54. The van der Waals surface area contributed by atoms with Gasteiger partial charge >= 0.3 is 0 Å². The van der Waals surface area contributed by atoms with Crippen molar-refractivity contribution >= 4 is 29.0 Å². The van der Waals surface area contributed by atoms with Gasteiger partial charge in [-0.1, -0.05) is 11.6 Å². The Hall–Kier alpha value is -2.48. The fourth-order valence-electron chi connectivity index (χ4n) is 2.70. The van der Waals surface area contributed by atoms with Crippen LogP contribution in [0.2, 0.25) is 5.02 Å². The minimum Gasteiger partial charge on any atom is -0.353 e. The molecule has 0 amide bonds. The molecule has 0 aromatic carbocycles. The van der Waals surface area contributed by atoms with E-state index in [9.17, 15) is 0 Å². The van der Waals surface area contributed by atoms with Crippen molar-refractivity contribution in [2.75, 3.05) is 36.0 Å². The van der Waals surface area contributed by atoms with Crippen LogP contribution in [-0.4, -0.2) is 56.0 Å². The maximum Gasteiger partial charge on any atom is 0.225 e. The second-order valence-corrected chi connectivity index (χ2v) is 5.79. The van der Waals surface area contributed by atoms with E-state index >= 15 is 0 Å². The molecule has 3 aromatic heterocycles. The average Bonchev–Trinajstić information content (AvgIpc) is 2.91. The van der Waals surface area contributed by atoms with Crippen LogP contribution in [0.1, 0.15) is 6.42 Å². The van der Waals surface area contributed by atoms with E-state index in [1.54, 1.807) is 23.2 Å². The van der Waals surface area contributed by atoms with Gasteiger partial charge in [0.1, 0.15) is 12.1 Å². The summed E-state index contributed by atoms with van der Waals surface area (Å²) in [7, 11) is 0. The van der Waals surface area contributed by atoms with Crippen LogP contribution in [0.3, 0.4) is 0 Å². The van der Waals surface area contributed by atoms with Crippen LogP contribution in [0.5, 0.6) is 0 Å². The van der Waals surface area contributed by atoms with Crippen LogP contribution in [0.25, 0.3) is 5.65 Å². The molecule has 0 radical (unpaired) electrons. The molecule has 118 valence electrons. The molecule has 0 aliphatic carbocycles. The van der Waals surface area contributed by atoms with Crippen molar-refractivity contribution in [2.24, 2.45) is 0 Å². The number of rotatable bonds is 2. The molecule has 0 bridgehead atoms. The number of aromatic nitrogens is 6. The first kappa shape index (κ1) is 14.1. The summed E-state index contributed by atoms with van der Waals surface area (Å²) in [6.07, 6.45) is 5.89. The molecule has 8 nitrogen and oxygen atoms in total. The molecule has 3 aromatic rings. The Morgan fingerprint density at radius 2 is 1.74 bits per heavy atom. The van der Waals surface area contributed by atoms with E-state index in [4.69, 9.17) is 11.6 Å². The molecule has 1 fully saturated rings. The summed E-state index contributed by atoms with van der Waals surface area (Å²) >= 11 is 5.85. The van der Waals surface area contributed by atoms with Crippen molar-refractivity contribution in [1.82, 2.24) is 29.8 Å². The summed E-state index contributed by atoms with van der Waals surface area (Å²) in [5.74, 6) is 1.65. The molecule has 4 heterocycles. The van der Waals surface area contributed by atoms with Gasteiger partial charge in [0, 0.05) is 26.2 Å². The molecule has 0 saturated carbocycles. The number of fused-ring (bicyclic) bond motifs is 1. The Kier molecular flexibility index (Phi) is 3.66. The topological polar surface area (TPSA) is 75.3 Å². The second kappa shape index (κ2) is 5.96. The molecule has 1 aliphatic heterocycles. The predicted molar refractivity (Wildman–Crippen MR) is 86.9 cm³/mol. The van der Waals surface area contributed by atoms with E-state index in [-0.39, 0.29) is 0 Å². The highest BCUT2D eigenvalue weighted by atomic mass is 35.5. The largest absolute Gasteiger partial charge is 0.353 e. The molecule has 0 N–H and O–H groups in total. The zero-order valence-corrected chi connectivity index (χ0v) is 13.1. The highest BCUT2D eigenvalue weighted by Gasteiger charge is 2.18. The van der Waals surface area contributed by atoms with E-state index in [1.165, 1.54) is 0 Å². The molecule has 1 saturated heterocycles. The van der Waals surface area contributed by atoms with Crippen molar-refractivity contribution in [1.29, 1.82) is 0 Å². The van der Waals surface area contributed by atoms with E-state index in [2.05, 4.69) is 35.1 Å². The highest BCUT2D eigenvalue weighted by molar-refractivity contribution is 6.30. The van der Waals surface area contributed by atoms with Crippen molar-refractivity contribution in [3.8, 4) is 0 Å². The number of anilines is 2. The third-order valence-electron chi connectivity index (χ3n) is 3.86. The number of hydrogen-bond donors (Lipinski definition) is 0. The lowest BCUT2D eigenvalue weighted by molar-refractivity contribution is 0.775. The number of nitrogens with zero attached hydrogens (tertiary/aromatic N) is 8. The molecule has 9 heteroatoms. The molecule has 0 atom stereocenters. The minimum atomic E-state index is 0.552. The first-order valence-electron chi connectivity index (χ1n) is 7.44. The van der Waals surface area contributed by atoms with Gasteiger partial charge in [-0.15, -0.1) is 15.3 Å². The van der Waals surface area contributed by atoms with Crippen LogP contribution in [0, 0.1) is 0 Å². The molecule has 0 unspecified atom stereocenters. The van der Waals surface area contributed by atoms with E-state index < -0.39 is 0 Å². The van der Waals surface area contributed by atoms with E-state index in [0.717, 1.165) is 50.0 Å². The van der Waals surface area contributed by atoms with Crippen molar-refractivity contribution in [3.63, 3.8) is 0 Å². The fraction of sp³-hybridized carbons (Fsp3) is 0.357. The van der Waals surface area contributed by atoms with Crippen LogP contribution in [0.15, 0.2) is 30.9 Å². The third kappa shape index (κ3) is 2.89. The molecular formula is C14H15ClN8. The molecule has 0 spiro atoms. The summed E-state index contributed by atoms with van der Waals surface area (Å²) in [4.78, 5) is 13.0. The van der Waals surface area contributed by atoms with Crippen LogP contribution < -0.4 is 9.80 Å². The van der Waals surface area contributed by atoms with Gasteiger partial charge in [0.05, 0.1) is 17.4 Å². The third-order valence-corrected chi connectivity index (χ3v) is 4.05. The normalized spacial score (nSPS) is 15.9. The van der Waals surface area contributed by atoms with Crippen molar-refractivity contribution in [3.05, 3.63) is 35.9 Å². The lowest BCUT2D eigenvalue weighted by atomic mass is 10.3. The zero-order chi connectivity index (χ0) is 15.6. The lowest BCUT2D eigenvalue weighted by Gasteiger charge is -2.22. The molecule has 4 rings (SSSR count). The monoisotopic (exact) mass is 330 g/mol. The minimum absolute atomic E-state index is 0.552. The van der Waals surface area contributed by atoms with Gasteiger partial charge < -0.3 is 9.80 Å². The van der Waals surface area contributed by atoms with E-state index in [0.29, 0.717) is 5.02 Å². The first-order valence-corrected chi connectivity index (χ1v) is 7.82. The molecular weight excluding hydrogens is 316 g/mol. The Bertz CT molecular complexity index is 802. The molecule has 1 aliphatic rings. The predicted octanol–water partition coefficient (Wildman–Crippen LogP) is 1.28. The molecule has 23 heavy (non-hydrogen) atoms. The van der Waals surface area contributed by atoms with Gasteiger partial charge in [0.25, 0.3) is 0 Å². The van der Waals surface area contributed by atoms with Crippen LogP contribution in [-0.2, 0) is 0 Å². The first-order chi connectivity index (χ1) is 11.3. The highest BCUT2D eigenvalue weighted by Crippen LogP contribution is 2.17. The van der Waals surface area contributed by atoms with Crippen LogP contribution in [0.4, 0.5) is 11.8 Å². The summed E-state index contributed by atoms with van der Waals surface area (Å²) < 4.78 is 1.69. The van der Waals surface area contributed by atoms with Gasteiger partial charge in [0.2, 0.25) is 5.95 Å². The van der Waals surface area contributed by atoms with Crippen molar-refractivity contribution in [2.45, 2.75) is 6.42 Å². The fourth-order valence-corrected chi connectivity index (χ4v) is 2.80. The van der Waals surface area contributed by atoms with Gasteiger partial charge in [-0.3, -0.25) is 0 Å². The summed E-state index contributed by atoms with van der Waals surface area (Å²) in [5.41, 5.74) is 0.750. The van der Waals surface area contributed by atoms with Crippen LogP contribution >= 0.6 is 11.6 Å². The Labute approximate surface area is 137 Å². The van der Waals surface area contributed by atoms with Gasteiger partial charge in [-0.2, -0.15) is 4.52 Å².